The summed E-state index contributed by atoms with van der Waals surface area (Å²) < 4.78 is 7.06. The zero-order valence-corrected chi connectivity index (χ0v) is 13.7. The summed E-state index contributed by atoms with van der Waals surface area (Å²) in [5, 5.41) is 29.3. The van der Waals surface area contributed by atoms with Crippen molar-refractivity contribution in [2.45, 2.75) is 51.2 Å². The highest BCUT2D eigenvalue weighted by molar-refractivity contribution is 5.81. The summed E-state index contributed by atoms with van der Waals surface area (Å²) in [6.45, 7) is 3.84. The zero-order chi connectivity index (χ0) is 17.4. The maximum Gasteiger partial charge on any atom is 0.167 e. The zero-order valence-electron chi connectivity index (χ0n) is 13.7. The van der Waals surface area contributed by atoms with Crippen LogP contribution in [0, 0.1) is 5.92 Å². The minimum absolute atomic E-state index is 0.268. The largest absolute Gasteiger partial charge is 0.394 e. The van der Waals surface area contributed by atoms with Crippen LogP contribution in [0.2, 0.25) is 0 Å². The number of imidazole rings is 1. The molecule has 3 rings (SSSR count). The second-order valence-corrected chi connectivity index (χ2v) is 6.51. The smallest absolute Gasteiger partial charge is 0.167 e. The number of aliphatic hydroxyl groups excluding tert-OH is 3. The average molecular weight is 337 g/mol. The fourth-order valence-electron chi connectivity index (χ4n) is 2.81. The molecule has 3 heterocycles. The highest BCUT2D eigenvalue weighted by Crippen LogP contribution is 2.32. The number of nitrogens with two attached hydrogens (primary N) is 1. The summed E-state index contributed by atoms with van der Waals surface area (Å²) in [6, 6.07) is 0. The molecule has 0 radical (unpaired) electrons. The van der Waals surface area contributed by atoms with Crippen LogP contribution in [0.1, 0.15) is 32.3 Å². The first-order valence-electron chi connectivity index (χ1n) is 8.03. The molecule has 0 bridgehead atoms. The lowest BCUT2D eigenvalue weighted by Crippen LogP contribution is -2.33. The van der Waals surface area contributed by atoms with Crippen molar-refractivity contribution in [1.82, 2.24) is 19.5 Å². The number of anilines is 1. The number of ether oxygens (including phenoxy) is 1. The number of aliphatic hydroxyl groups is 3. The van der Waals surface area contributed by atoms with E-state index in [1.165, 1.54) is 10.9 Å². The molecule has 1 saturated heterocycles. The lowest BCUT2D eigenvalue weighted by Gasteiger charge is -2.16. The van der Waals surface area contributed by atoms with Crippen LogP contribution in [-0.2, 0) is 11.2 Å². The third kappa shape index (κ3) is 2.95. The second-order valence-electron chi connectivity index (χ2n) is 6.51. The van der Waals surface area contributed by atoms with Gasteiger partial charge in [0.05, 0.1) is 12.9 Å². The van der Waals surface area contributed by atoms with Crippen molar-refractivity contribution in [3.63, 3.8) is 0 Å². The Bertz CT molecular complexity index is 719. The van der Waals surface area contributed by atoms with Crippen molar-refractivity contribution in [2.24, 2.45) is 5.92 Å². The van der Waals surface area contributed by atoms with Gasteiger partial charge in [-0.3, -0.25) is 4.57 Å². The lowest BCUT2D eigenvalue weighted by molar-refractivity contribution is -0.0511. The molecule has 2 aromatic heterocycles. The van der Waals surface area contributed by atoms with Crippen molar-refractivity contribution in [2.75, 3.05) is 12.3 Å². The van der Waals surface area contributed by atoms with Crippen molar-refractivity contribution in [3.8, 4) is 0 Å². The van der Waals surface area contributed by atoms with E-state index in [0.717, 1.165) is 6.42 Å². The number of fused-ring (bicyclic) bond motifs is 1. The Morgan fingerprint density at radius 3 is 2.67 bits per heavy atom. The molecule has 0 aliphatic carbocycles. The Hall–Kier alpha value is -1.81. The van der Waals surface area contributed by atoms with Crippen molar-refractivity contribution >= 4 is 17.0 Å². The molecule has 132 valence electrons. The molecule has 2 aromatic rings. The van der Waals surface area contributed by atoms with Crippen LogP contribution in [0.4, 0.5) is 5.82 Å². The SMILES string of the molecule is CC(C)CCc1nc(N)c2ncn([C@@H]3O[C@H](CO)[C@@H](O)[C@H]3O)c2n1. The summed E-state index contributed by atoms with van der Waals surface area (Å²) in [5.41, 5.74) is 6.83. The molecule has 0 spiro atoms. The number of aryl methyl sites for hydroxylation is 1. The van der Waals surface area contributed by atoms with Gasteiger partial charge in [0, 0.05) is 6.42 Å². The molecule has 1 fully saturated rings. The Balaban J connectivity index is 1.97. The number of aromatic nitrogens is 4. The van der Waals surface area contributed by atoms with Crippen molar-refractivity contribution in [1.29, 1.82) is 0 Å². The van der Waals surface area contributed by atoms with Gasteiger partial charge in [0.2, 0.25) is 0 Å². The van der Waals surface area contributed by atoms with Crippen LogP contribution in [0.5, 0.6) is 0 Å². The van der Waals surface area contributed by atoms with Gasteiger partial charge in [0.25, 0.3) is 0 Å². The van der Waals surface area contributed by atoms with Gasteiger partial charge in [-0.05, 0) is 12.3 Å². The van der Waals surface area contributed by atoms with E-state index in [1.54, 1.807) is 0 Å². The molecule has 0 amide bonds. The fourth-order valence-corrected chi connectivity index (χ4v) is 2.81. The topological polar surface area (TPSA) is 140 Å². The normalized spacial score (nSPS) is 27.4. The Morgan fingerprint density at radius 1 is 1.29 bits per heavy atom. The van der Waals surface area contributed by atoms with E-state index in [1.807, 2.05) is 0 Å². The highest BCUT2D eigenvalue weighted by Gasteiger charge is 2.44. The molecule has 1 aliphatic rings. The predicted molar refractivity (Wildman–Crippen MR) is 85.9 cm³/mol. The number of nitrogen functional groups attached to an aromatic ring is 1. The van der Waals surface area contributed by atoms with E-state index in [0.29, 0.717) is 29.3 Å². The third-order valence-electron chi connectivity index (χ3n) is 4.23. The lowest BCUT2D eigenvalue weighted by atomic mass is 10.1. The maximum atomic E-state index is 10.2. The third-order valence-corrected chi connectivity index (χ3v) is 4.23. The van der Waals surface area contributed by atoms with E-state index in [4.69, 9.17) is 10.5 Å². The van der Waals surface area contributed by atoms with Gasteiger partial charge in [-0.25, -0.2) is 15.0 Å². The second kappa shape index (κ2) is 6.60. The summed E-state index contributed by atoms with van der Waals surface area (Å²) in [7, 11) is 0. The summed E-state index contributed by atoms with van der Waals surface area (Å²) in [6.07, 6.45) is -1.09. The molecule has 24 heavy (non-hydrogen) atoms. The number of nitrogens with zero attached hydrogens (tertiary/aromatic N) is 4. The fraction of sp³-hybridized carbons (Fsp3) is 0.667. The van der Waals surface area contributed by atoms with E-state index in [2.05, 4.69) is 28.8 Å². The highest BCUT2D eigenvalue weighted by atomic mass is 16.6. The van der Waals surface area contributed by atoms with Gasteiger partial charge < -0.3 is 25.8 Å². The maximum absolute atomic E-state index is 10.2. The molecule has 5 N–H and O–H groups in total. The van der Waals surface area contributed by atoms with Gasteiger partial charge in [-0.15, -0.1) is 0 Å². The van der Waals surface area contributed by atoms with Crippen LogP contribution in [0.15, 0.2) is 6.33 Å². The molecule has 0 aromatic carbocycles. The van der Waals surface area contributed by atoms with E-state index < -0.39 is 31.1 Å². The van der Waals surface area contributed by atoms with Crippen LogP contribution in [0.3, 0.4) is 0 Å². The number of hydrogen-bond donors (Lipinski definition) is 4. The minimum Gasteiger partial charge on any atom is -0.394 e. The predicted octanol–water partition coefficient (Wildman–Crippen LogP) is -0.391. The average Bonchev–Trinajstić information content (AvgIpc) is 3.08. The van der Waals surface area contributed by atoms with E-state index in [9.17, 15) is 15.3 Å². The first-order valence-corrected chi connectivity index (χ1v) is 8.03. The van der Waals surface area contributed by atoms with Gasteiger partial charge in [-0.1, -0.05) is 13.8 Å². The van der Waals surface area contributed by atoms with Crippen LogP contribution >= 0.6 is 0 Å². The Kier molecular flexibility index (Phi) is 4.68. The molecule has 0 saturated carbocycles. The van der Waals surface area contributed by atoms with Gasteiger partial charge in [-0.2, -0.15) is 0 Å². The van der Waals surface area contributed by atoms with Crippen LogP contribution in [-0.4, -0.2) is 59.8 Å². The van der Waals surface area contributed by atoms with Gasteiger partial charge >= 0.3 is 0 Å². The van der Waals surface area contributed by atoms with Crippen LogP contribution < -0.4 is 5.73 Å². The van der Waals surface area contributed by atoms with E-state index >= 15 is 0 Å². The van der Waals surface area contributed by atoms with Gasteiger partial charge in [0.15, 0.2) is 17.7 Å². The standard InChI is InChI=1S/C15H23N5O4/c1-7(2)3-4-9-18-13(16)10-14(19-9)20(6-17-10)15-12(23)11(22)8(5-21)24-15/h6-8,11-12,15,21-23H,3-5H2,1-2H3,(H2,16,18,19)/t8-,11-,12-,15-/m1/s1. The van der Waals surface area contributed by atoms with Crippen LogP contribution in [0.25, 0.3) is 11.2 Å². The Labute approximate surface area is 139 Å². The summed E-state index contributed by atoms with van der Waals surface area (Å²) in [4.78, 5) is 13.0. The van der Waals surface area contributed by atoms with Gasteiger partial charge in [0.1, 0.15) is 29.7 Å². The quantitative estimate of drug-likeness (QED) is 0.578. The molecular weight excluding hydrogens is 314 g/mol. The van der Waals surface area contributed by atoms with Crippen molar-refractivity contribution < 1.29 is 20.1 Å². The molecular formula is C15H23N5O4. The van der Waals surface area contributed by atoms with Crippen molar-refractivity contribution in [3.05, 3.63) is 12.2 Å². The first kappa shape index (κ1) is 17.0. The summed E-state index contributed by atoms with van der Waals surface area (Å²) >= 11 is 0. The number of rotatable bonds is 5. The molecule has 0 unspecified atom stereocenters. The molecule has 1 aliphatic heterocycles. The molecule has 9 nitrogen and oxygen atoms in total. The number of hydrogen-bond acceptors (Lipinski definition) is 8. The monoisotopic (exact) mass is 337 g/mol. The summed E-state index contributed by atoms with van der Waals surface area (Å²) in [5.74, 6) is 1.38. The van der Waals surface area contributed by atoms with E-state index in [-0.39, 0.29) is 5.82 Å². The molecule has 9 heteroatoms. The first-order chi connectivity index (χ1) is 11.4. The molecule has 4 atom stereocenters. The Morgan fingerprint density at radius 2 is 2.04 bits per heavy atom. The minimum atomic E-state index is -1.20.